The van der Waals surface area contributed by atoms with Gasteiger partial charge in [-0.25, -0.2) is 4.79 Å². The van der Waals surface area contributed by atoms with Crippen molar-refractivity contribution in [2.24, 2.45) is 0 Å². The van der Waals surface area contributed by atoms with Gasteiger partial charge < -0.3 is 14.6 Å². The van der Waals surface area contributed by atoms with Crippen LogP contribution in [0.1, 0.15) is 24.3 Å². The first-order valence-corrected chi connectivity index (χ1v) is 10.5. The van der Waals surface area contributed by atoms with Gasteiger partial charge in [0.2, 0.25) is 0 Å². The Morgan fingerprint density at radius 2 is 1.96 bits per heavy atom. The van der Waals surface area contributed by atoms with E-state index < -0.39 is 28.8 Å². The van der Waals surface area contributed by atoms with Crippen LogP contribution >= 0.6 is 11.6 Å². The van der Waals surface area contributed by atoms with Gasteiger partial charge in [0.1, 0.15) is 11.0 Å². The summed E-state index contributed by atoms with van der Waals surface area (Å²) in [6.45, 7) is -0.490. The summed E-state index contributed by atoms with van der Waals surface area (Å²) in [7, 11) is -4.04. The number of para-hydroxylation sites is 1. The van der Waals surface area contributed by atoms with Crippen molar-refractivity contribution >= 4 is 27.7 Å². The summed E-state index contributed by atoms with van der Waals surface area (Å²) < 4.78 is 42.2. The lowest BCUT2D eigenvalue weighted by Gasteiger charge is -2.19. The topological polar surface area (TPSA) is 99.1 Å². The molecular formula is C19H17ClO7S. The number of rotatable bonds is 6. The monoisotopic (exact) mass is 424 g/mol. The summed E-state index contributed by atoms with van der Waals surface area (Å²) in [5, 5.41) is 8.92. The number of carboxylic acids is 1. The third kappa shape index (κ3) is 3.43. The summed E-state index contributed by atoms with van der Waals surface area (Å²) in [6, 6.07) is 11.3. The number of carbonyl (C=O) groups is 1. The van der Waals surface area contributed by atoms with Gasteiger partial charge >= 0.3 is 5.97 Å². The van der Waals surface area contributed by atoms with Crippen LogP contribution in [0.25, 0.3) is 0 Å². The maximum atomic E-state index is 12.7. The molecule has 3 atom stereocenters. The van der Waals surface area contributed by atoms with Crippen LogP contribution in [0.5, 0.6) is 11.5 Å². The lowest BCUT2D eigenvalue weighted by Crippen LogP contribution is -2.24. The van der Waals surface area contributed by atoms with Crippen molar-refractivity contribution in [2.75, 3.05) is 6.61 Å². The Hall–Kier alpha value is -2.29. The number of aliphatic carboxylic acids is 1. The molecule has 4 rings (SSSR count). The van der Waals surface area contributed by atoms with Crippen molar-refractivity contribution < 1.29 is 32.0 Å². The van der Waals surface area contributed by atoms with E-state index in [1.165, 1.54) is 12.1 Å². The highest BCUT2D eigenvalue weighted by molar-refractivity contribution is 7.87. The summed E-state index contributed by atoms with van der Waals surface area (Å²) >= 11 is 6.02. The molecular weight excluding hydrogens is 408 g/mol. The number of hydrogen-bond acceptors (Lipinski definition) is 6. The zero-order chi connectivity index (χ0) is 19.9. The van der Waals surface area contributed by atoms with Gasteiger partial charge in [-0.15, -0.1) is 0 Å². The van der Waals surface area contributed by atoms with Crippen molar-refractivity contribution in [2.45, 2.75) is 35.9 Å². The Kier molecular flexibility index (Phi) is 4.95. The second-order valence-electron chi connectivity index (χ2n) is 6.64. The molecule has 7 nitrogen and oxygen atoms in total. The Labute approximate surface area is 166 Å². The second-order valence-corrected chi connectivity index (χ2v) is 8.58. The van der Waals surface area contributed by atoms with Crippen LogP contribution in [0, 0.1) is 0 Å². The fourth-order valence-electron chi connectivity index (χ4n) is 3.76. The van der Waals surface area contributed by atoms with E-state index in [1.807, 2.05) is 6.07 Å². The molecule has 0 spiro atoms. The molecule has 1 aliphatic carbocycles. The maximum Gasteiger partial charge on any atom is 0.341 e. The first-order valence-electron chi connectivity index (χ1n) is 8.69. The van der Waals surface area contributed by atoms with Crippen molar-refractivity contribution in [1.29, 1.82) is 0 Å². The quantitative estimate of drug-likeness (QED) is 0.710. The molecule has 1 aliphatic heterocycles. The second kappa shape index (κ2) is 7.27. The van der Waals surface area contributed by atoms with Crippen LogP contribution in [0.4, 0.5) is 0 Å². The third-order valence-corrected chi connectivity index (χ3v) is 6.72. The Morgan fingerprint density at radius 1 is 1.18 bits per heavy atom. The molecule has 0 radical (unpaired) electrons. The van der Waals surface area contributed by atoms with Crippen LogP contribution in [0.3, 0.4) is 0 Å². The molecule has 1 heterocycles. The van der Waals surface area contributed by atoms with E-state index in [2.05, 4.69) is 0 Å². The summed E-state index contributed by atoms with van der Waals surface area (Å²) in [4.78, 5) is 10.7. The van der Waals surface area contributed by atoms with Gasteiger partial charge in [-0.05, 0) is 31.0 Å². The summed E-state index contributed by atoms with van der Waals surface area (Å²) in [5.41, 5.74) is 0.754. The number of hydrogen-bond donors (Lipinski definition) is 1. The van der Waals surface area contributed by atoms with Crippen LogP contribution in [0.15, 0.2) is 47.4 Å². The van der Waals surface area contributed by atoms with Crippen LogP contribution < -0.4 is 9.47 Å². The van der Waals surface area contributed by atoms with Gasteiger partial charge in [-0.1, -0.05) is 35.9 Å². The highest BCUT2D eigenvalue weighted by Gasteiger charge is 2.48. The standard InChI is InChI=1S/C19H17ClO7S/c20-12-5-1-2-7-16(12)28(23,24)27-14-9-8-13-18(14)11-4-3-6-15(19(11)26-13)25-10-17(21)22/h1-7,13-14,18H,8-10H2,(H,21,22). The van der Waals surface area contributed by atoms with E-state index in [0.717, 1.165) is 5.56 Å². The number of benzene rings is 2. The molecule has 1 saturated carbocycles. The van der Waals surface area contributed by atoms with Crippen molar-refractivity contribution in [1.82, 2.24) is 0 Å². The molecule has 0 aromatic heterocycles. The van der Waals surface area contributed by atoms with Gasteiger partial charge in [-0.2, -0.15) is 8.42 Å². The van der Waals surface area contributed by atoms with Gasteiger partial charge in [0.05, 0.1) is 17.0 Å². The Balaban J connectivity index is 1.60. The van der Waals surface area contributed by atoms with Gasteiger partial charge in [-0.3, -0.25) is 4.18 Å². The molecule has 1 fully saturated rings. The predicted octanol–water partition coefficient (Wildman–Crippen LogP) is 3.22. The van der Waals surface area contributed by atoms with Crippen molar-refractivity contribution in [3.05, 3.63) is 53.1 Å². The molecule has 2 aliphatic rings. The fourth-order valence-corrected chi connectivity index (χ4v) is 5.37. The molecule has 3 unspecified atom stereocenters. The summed E-state index contributed by atoms with van der Waals surface area (Å²) in [5.74, 6) is -0.618. The molecule has 0 bridgehead atoms. The Morgan fingerprint density at radius 3 is 2.71 bits per heavy atom. The molecule has 2 aromatic rings. The minimum Gasteiger partial charge on any atom is -0.485 e. The number of ether oxygens (including phenoxy) is 2. The van der Waals surface area contributed by atoms with Gasteiger partial charge in [0.25, 0.3) is 10.1 Å². The third-order valence-electron chi connectivity index (χ3n) is 4.88. The Bertz CT molecular complexity index is 1020. The number of halogens is 1. The fraction of sp³-hybridized carbons (Fsp3) is 0.316. The van der Waals surface area contributed by atoms with E-state index in [9.17, 15) is 13.2 Å². The number of carboxylic acid groups (broad SMARTS) is 1. The highest BCUT2D eigenvalue weighted by atomic mass is 35.5. The molecule has 1 N–H and O–H groups in total. The average Bonchev–Trinajstić information content (AvgIpc) is 3.20. The minimum atomic E-state index is -4.04. The molecule has 0 saturated heterocycles. The highest BCUT2D eigenvalue weighted by Crippen LogP contribution is 2.52. The first-order chi connectivity index (χ1) is 13.4. The largest absolute Gasteiger partial charge is 0.485 e. The van der Waals surface area contributed by atoms with E-state index in [-0.39, 0.29) is 21.9 Å². The van der Waals surface area contributed by atoms with Gasteiger partial charge in [0, 0.05) is 5.56 Å². The lowest BCUT2D eigenvalue weighted by atomic mass is 9.95. The van der Waals surface area contributed by atoms with E-state index >= 15 is 0 Å². The zero-order valence-electron chi connectivity index (χ0n) is 14.6. The van der Waals surface area contributed by atoms with Crippen LogP contribution in [-0.2, 0) is 19.1 Å². The van der Waals surface area contributed by atoms with Crippen LogP contribution in [0.2, 0.25) is 5.02 Å². The maximum absolute atomic E-state index is 12.7. The average molecular weight is 425 g/mol. The SMILES string of the molecule is O=C(O)COc1cccc2c1OC1CCC(OS(=O)(=O)c3ccccc3Cl)C21. The molecule has 2 aromatic carbocycles. The van der Waals surface area contributed by atoms with Gasteiger partial charge in [0.15, 0.2) is 18.1 Å². The van der Waals surface area contributed by atoms with E-state index in [4.69, 9.17) is 30.4 Å². The molecule has 28 heavy (non-hydrogen) atoms. The number of fused-ring (bicyclic) bond motifs is 3. The molecule has 148 valence electrons. The molecule has 0 amide bonds. The predicted molar refractivity (Wildman–Crippen MR) is 99.5 cm³/mol. The minimum absolute atomic E-state index is 0.0715. The normalized spacial score (nSPS) is 23.0. The summed E-state index contributed by atoms with van der Waals surface area (Å²) in [6.07, 6.45) is 0.261. The first kappa shape index (κ1) is 19.0. The molecule has 9 heteroatoms. The lowest BCUT2D eigenvalue weighted by molar-refractivity contribution is -0.139. The zero-order valence-corrected chi connectivity index (χ0v) is 16.2. The smallest absolute Gasteiger partial charge is 0.341 e. The van der Waals surface area contributed by atoms with Crippen molar-refractivity contribution in [3.8, 4) is 11.5 Å². The van der Waals surface area contributed by atoms with E-state index in [1.54, 1.807) is 24.3 Å². The van der Waals surface area contributed by atoms with Crippen molar-refractivity contribution in [3.63, 3.8) is 0 Å². The van der Waals surface area contributed by atoms with Crippen LogP contribution in [-0.4, -0.2) is 38.3 Å². The van der Waals surface area contributed by atoms with E-state index in [0.29, 0.717) is 24.3 Å².